The highest BCUT2D eigenvalue weighted by molar-refractivity contribution is 6.42. The number of anilines is 1. The molecule has 0 atom stereocenters. The van der Waals surface area contributed by atoms with E-state index in [2.05, 4.69) is 15.2 Å². The van der Waals surface area contributed by atoms with E-state index in [0.29, 0.717) is 29.4 Å². The van der Waals surface area contributed by atoms with Crippen LogP contribution in [0, 0.1) is 0 Å². The Morgan fingerprint density at radius 1 is 1.08 bits per heavy atom. The van der Waals surface area contributed by atoms with Gasteiger partial charge in [-0.3, -0.25) is 4.79 Å². The molecule has 1 amide bonds. The number of carbonyl (C=O) groups excluding carboxylic acids is 1. The van der Waals surface area contributed by atoms with Crippen molar-refractivity contribution in [2.45, 2.75) is 38.6 Å². The van der Waals surface area contributed by atoms with Gasteiger partial charge in [0.05, 0.1) is 10.0 Å². The summed E-state index contributed by atoms with van der Waals surface area (Å²) in [6.07, 6.45) is 6.43. The number of nitrogens with one attached hydrogen (secondary N) is 1. The molecule has 6 heteroatoms. The molecule has 2 aromatic rings. The third kappa shape index (κ3) is 4.89. The number of piperidine rings is 1. The Labute approximate surface area is 164 Å². The molecule has 3 rings (SSSR count). The number of rotatable bonds is 6. The summed E-state index contributed by atoms with van der Waals surface area (Å²) < 4.78 is 0. The lowest BCUT2D eigenvalue weighted by molar-refractivity contribution is -0.121. The van der Waals surface area contributed by atoms with Crippen molar-refractivity contribution in [2.75, 3.05) is 18.0 Å². The number of amides is 1. The van der Waals surface area contributed by atoms with Crippen molar-refractivity contribution in [3.05, 3.63) is 57.7 Å². The highest BCUT2D eigenvalue weighted by Gasteiger charge is 2.16. The lowest BCUT2D eigenvalue weighted by Crippen LogP contribution is -2.32. The van der Waals surface area contributed by atoms with Crippen LogP contribution in [-0.2, 0) is 17.8 Å². The van der Waals surface area contributed by atoms with Crippen LogP contribution in [0.2, 0.25) is 10.0 Å². The van der Waals surface area contributed by atoms with Crippen molar-refractivity contribution in [1.29, 1.82) is 0 Å². The average Bonchev–Trinajstić information content (AvgIpc) is 2.68. The van der Waals surface area contributed by atoms with Gasteiger partial charge in [-0.05, 0) is 43.4 Å². The van der Waals surface area contributed by atoms with Crippen molar-refractivity contribution in [3.63, 3.8) is 0 Å². The highest BCUT2D eigenvalue weighted by Crippen LogP contribution is 2.26. The maximum absolute atomic E-state index is 12.3. The molecule has 1 N–H and O–H groups in total. The minimum atomic E-state index is -0.00510. The first-order valence-electron chi connectivity index (χ1n) is 9.03. The number of hydrogen-bond donors (Lipinski definition) is 1. The molecule has 0 spiro atoms. The maximum atomic E-state index is 12.3. The third-order valence-electron chi connectivity index (χ3n) is 4.65. The van der Waals surface area contributed by atoms with Crippen molar-refractivity contribution in [2.24, 2.45) is 0 Å². The van der Waals surface area contributed by atoms with Gasteiger partial charge >= 0.3 is 0 Å². The summed E-state index contributed by atoms with van der Waals surface area (Å²) in [7, 11) is 0. The molecule has 0 bridgehead atoms. The summed E-state index contributed by atoms with van der Waals surface area (Å²) in [4.78, 5) is 19.1. The maximum Gasteiger partial charge on any atom is 0.220 e. The molecule has 1 aliphatic rings. The molecule has 1 aliphatic heterocycles. The van der Waals surface area contributed by atoms with E-state index < -0.39 is 0 Å². The number of carbonyl (C=O) groups is 1. The van der Waals surface area contributed by atoms with Crippen molar-refractivity contribution in [1.82, 2.24) is 10.3 Å². The van der Waals surface area contributed by atoms with E-state index in [0.717, 1.165) is 30.0 Å². The van der Waals surface area contributed by atoms with Crippen LogP contribution in [0.3, 0.4) is 0 Å². The first-order chi connectivity index (χ1) is 12.6. The van der Waals surface area contributed by atoms with E-state index in [1.807, 2.05) is 30.5 Å². The summed E-state index contributed by atoms with van der Waals surface area (Å²) in [5.74, 6) is 0.986. The SMILES string of the molecule is O=C(CCc1cccc(Cl)c1Cl)NCc1cccnc1N1CCCCC1. The Morgan fingerprint density at radius 3 is 2.65 bits per heavy atom. The van der Waals surface area contributed by atoms with E-state index in [9.17, 15) is 4.79 Å². The van der Waals surface area contributed by atoms with Crippen LogP contribution in [0.1, 0.15) is 36.8 Å². The van der Waals surface area contributed by atoms with Crippen LogP contribution in [0.5, 0.6) is 0 Å². The van der Waals surface area contributed by atoms with Crippen molar-refractivity contribution < 1.29 is 4.79 Å². The third-order valence-corrected chi connectivity index (χ3v) is 5.51. The van der Waals surface area contributed by atoms with E-state index in [4.69, 9.17) is 23.2 Å². The zero-order chi connectivity index (χ0) is 18.4. The number of aromatic nitrogens is 1. The van der Waals surface area contributed by atoms with Crippen LogP contribution >= 0.6 is 23.2 Å². The van der Waals surface area contributed by atoms with Crippen molar-refractivity contribution in [3.8, 4) is 0 Å². The fraction of sp³-hybridized carbons (Fsp3) is 0.400. The van der Waals surface area contributed by atoms with Gasteiger partial charge in [0.1, 0.15) is 5.82 Å². The molecule has 1 aromatic heterocycles. The van der Waals surface area contributed by atoms with E-state index >= 15 is 0 Å². The van der Waals surface area contributed by atoms with Gasteiger partial charge < -0.3 is 10.2 Å². The number of pyridine rings is 1. The van der Waals surface area contributed by atoms with Gasteiger partial charge in [-0.25, -0.2) is 4.98 Å². The molecule has 0 saturated carbocycles. The Kier molecular flexibility index (Phi) is 6.75. The Bertz CT molecular complexity index is 760. The minimum absolute atomic E-state index is 0.00510. The van der Waals surface area contributed by atoms with Crippen LogP contribution in [0.25, 0.3) is 0 Å². The lowest BCUT2D eigenvalue weighted by Gasteiger charge is -2.29. The normalized spacial score (nSPS) is 14.3. The average molecular weight is 392 g/mol. The van der Waals surface area contributed by atoms with Gasteiger partial charge in [0.25, 0.3) is 0 Å². The van der Waals surface area contributed by atoms with Crippen LogP contribution in [0.15, 0.2) is 36.5 Å². The zero-order valence-electron chi connectivity index (χ0n) is 14.7. The second-order valence-corrected chi connectivity index (χ2v) is 7.31. The molecular formula is C20H23Cl2N3O. The molecule has 0 unspecified atom stereocenters. The lowest BCUT2D eigenvalue weighted by atomic mass is 10.1. The van der Waals surface area contributed by atoms with Crippen LogP contribution in [0.4, 0.5) is 5.82 Å². The zero-order valence-corrected chi connectivity index (χ0v) is 16.2. The Morgan fingerprint density at radius 2 is 1.85 bits per heavy atom. The van der Waals surface area contributed by atoms with E-state index in [-0.39, 0.29) is 5.91 Å². The van der Waals surface area contributed by atoms with Gasteiger partial charge in [-0.1, -0.05) is 41.4 Å². The monoisotopic (exact) mass is 391 g/mol. The first kappa shape index (κ1) is 19.0. The van der Waals surface area contributed by atoms with E-state index in [1.165, 1.54) is 19.3 Å². The number of aryl methyl sites for hydroxylation is 1. The Balaban J connectivity index is 1.55. The van der Waals surface area contributed by atoms with Gasteiger partial charge in [-0.15, -0.1) is 0 Å². The molecule has 2 heterocycles. The van der Waals surface area contributed by atoms with Gasteiger partial charge in [0.15, 0.2) is 0 Å². The van der Waals surface area contributed by atoms with E-state index in [1.54, 1.807) is 6.07 Å². The van der Waals surface area contributed by atoms with Gasteiger partial charge in [-0.2, -0.15) is 0 Å². The standard InChI is InChI=1S/C20H23Cl2N3O/c21-17-8-4-6-15(19(17)22)9-10-18(26)24-14-16-7-5-11-23-20(16)25-12-2-1-3-13-25/h4-8,11H,1-3,9-10,12-14H2,(H,24,26). The minimum Gasteiger partial charge on any atom is -0.356 e. The molecule has 4 nitrogen and oxygen atoms in total. The summed E-state index contributed by atoms with van der Waals surface area (Å²) in [5.41, 5.74) is 1.95. The topological polar surface area (TPSA) is 45.2 Å². The van der Waals surface area contributed by atoms with Crippen LogP contribution in [-0.4, -0.2) is 24.0 Å². The smallest absolute Gasteiger partial charge is 0.220 e. The fourth-order valence-electron chi connectivity index (χ4n) is 3.23. The first-order valence-corrected chi connectivity index (χ1v) is 9.79. The molecular weight excluding hydrogens is 369 g/mol. The fourth-order valence-corrected chi connectivity index (χ4v) is 3.65. The van der Waals surface area contributed by atoms with Gasteiger partial charge in [0.2, 0.25) is 5.91 Å². The second kappa shape index (κ2) is 9.24. The molecule has 0 aliphatic carbocycles. The summed E-state index contributed by atoms with van der Waals surface area (Å²) in [6, 6.07) is 9.45. The molecule has 1 saturated heterocycles. The molecule has 26 heavy (non-hydrogen) atoms. The predicted molar refractivity (Wildman–Crippen MR) is 107 cm³/mol. The molecule has 138 valence electrons. The number of benzene rings is 1. The Hall–Kier alpha value is -1.78. The van der Waals surface area contributed by atoms with Crippen molar-refractivity contribution >= 4 is 34.9 Å². The summed E-state index contributed by atoms with van der Waals surface area (Å²) >= 11 is 12.2. The quantitative estimate of drug-likeness (QED) is 0.780. The summed E-state index contributed by atoms with van der Waals surface area (Å²) in [6.45, 7) is 2.55. The number of hydrogen-bond acceptors (Lipinski definition) is 3. The predicted octanol–water partition coefficient (Wildman–Crippen LogP) is 4.63. The highest BCUT2D eigenvalue weighted by atomic mass is 35.5. The van der Waals surface area contributed by atoms with Gasteiger partial charge in [0, 0.05) is 37.8 Å². The molecule has 0 radical (unpaired) electrons. The van der Waals surface area contributed by atoms with Crippen LogP contribution < -0.4 is 10.2 Å². The largest absolute Gasteiger partial charge is 0.356 e. The second-order valence-electron chi connectivity index (χ2n) is 6.52. The number of halogens is 2. The molecule has 1 fully saturated rings. The summed E-state index contributed by atoms with van der Waals surface area (Å²) in [5, 5.41) is 4.05. The number of nitrogens with zero attached hydrogens (tertiary/aromatic N) is 2. The molecule has 1 aromatic carbocycles.